The van der Waals surface area contributed by atoms with Crippen LogP contribution in [0.2, 0.25) is 0 Å². The maximum absolute atomic E-state index is 12.3. The summed E-state index contributed by atoms with van der Waals surface area (Å²) >= 11 is 0. The molecule has 0 unspecified atom stereocenters. The van der Waals surface area contributed by atoms with Crippen molar-refractivity contribution >= 4 is 12.0 Å². The SMILES string of the molecule is COc1ccc(/C=C/C(=O)Oc2ccccc2-c2ccccc2)cc1OC. The van der Waals surface area contributed by atoms with Crippen molar-refractivity contribution in [2.75, 3.05) is 14.2 Å². The molecule has 0 radical (unpaired) electrons. The van der Waals surface area contributed by atoms with Gasteiger partial charge < -0.3 is 14.2 Å². The molecule has 27 heavy (non-hydrogen) atoms. The second kappa shape index (κ2) is 8.72. The first-order valence-corrected chi connectivity index (χ1v) is 8.47. The number of rotatable bonds is 6. The van der Waals surface area contributed by atoms with Crippen LogP contribution in [0, 0.1) is 0 Å². The molecule has 0 N–H and O–H groups in total. The van der Waals surface area contributed by atoms with Crippen LogP contribution in [-0.4, -0.2) is 20.2 Å². The first kappa shape index (κ1) is 18.3. The Labute approximate surface area is 158 Å². The highest BCUT2D eigenvalue weighted by molar-refractivity contribution is 5.90. The van der Waals surface area contributed by atoms with Crippen LogP contribution in [0.15, 0.2) is 78.9 Å². The maximum Gasteiger partial charge on any atom is 0.336 e. The maximum atomic E-state index is 12.3. The lowest BCUT2D eigenvalue weighted by atomic mass is 10.1. The third kappa shape index (κ3) is 4.55. The van der Waals surface area contributed by atoms with Crippen molar-refractivity contribution in [3.05, 3.63) is 84.4 Å². The molecule has 0 atom stereocenters. The number of carbonyl (C=O) groups excluding carboxylic acids is 1. The molecular weight excluding hydrogens is 340 g/mol. The molecule has 0 amide bonds. The number of ether oxygens (including phenoxy) is 3. The molecule has 0 heterocycles. The van der Waals surface area contributed by atoms with E-state index in [9.17, 15) is 4.79 Å². The Balaban J connectivity index is 1.76. The van der Waals surface area contributed by atoms with E-state index in [-0.39, 0.29) is 0 Å². The van der Waals surface area contributed by atoms with Crippen LogP contribution in [0.1, 0.15) is 5.56 Å². The fraction of sp³-hybridized carbons (Fsp3) is 0.0870. The number of carbonyl (C=O) groups is 1. The second-order valence-electron chi connectivity index (χ2n) is 5.73. The highest BCUT2D eigenvalue weighted by Crippen LogP contribution is 2.30. The largest absolute Gasteiger partial charge is 0.493 e. The molecule has 136 valence electrons. The minimum atomic E-state index is -0.451. The van der Waals surface area contributed by atoms with E-state index in [1.54, 1.807) is 38.5 Å². The molecule has 0 aliphatic carbocycles. The van der Waals surface area contributed by atoms with Gasteiger partial charge in [0.25, 0.3) is 0 Å². The quantitative estimate of drug-likeness (QED) is 0.353. The van der Waals surface area contributed by atoms with Gasteiger partial charge in [0.2, 0.25) is 0 Å². The van der Waals surface area contributed by atoms with Crippen LogP contribution in [0.4, 0.5) is 0 Å². The van der Waals surface area contributed by atoms with Crippen molar-refractivity contribution in [3.63, 3.8) is 0 Å². The van der Waals surface area contributed by atoms with Crippen LogP contribution in [-0.2, 0) is 4.79 Å². The number of esters is 1. The smallest absolute Gasteiger partial charge is 0.336 e. The minimum Gasteiger partial charge on any atom is -0.493 e. The zero-order valence-corrected chi connectivity index (χ0v) is 15.2. The van der Waals surface area contributed by atoms with Gasteiger partial charge in [-0.3, -0.25) is 0 Å². The number of methoxy groups -OCH3 is 2. The van der Waals surface area contributed by atoms with E-state index in [1.807, 2.05) is 54.6 Å². The molecule has 0 saturated heterocycles. The Morgan fingerprint density at radius 3 is 2.22 bits per heavy atom. The fourth-order valence-corrected chi connectivity index (χ4v) is 2.67. The predicted octanol–water partition coefficient (Wildman–Crippen LogP) is 4.99. The third-order valence-electron chi connectivity index (χ3n) is 4.00. The van der Waals surface area contributed by atoms with E-state index < -0.39 is 5.97 Å². The summed E-state index contributed by atoms with van der Waals surface area (Å²) < 4.78 is 16.0. The minimum absolute atomic E-state index is 0.451. The Kier molecular flexibility index (Phi) is 5.90. The summed E-state index contributed by atoms with van der Waals surface area (Å²) in [5.74, 6) is 1.30. The topological polar surface area (TPSA) is 44.8 Å². The summed E-state index contributed by atoms with van der Waals surface area (Å²) in [5.41, 5.74) is 2.66. The van der Waals surface area contributed by atoms with Gasteiger partial charge in [0, 0.05) is 11.6 Å². The van der Waals surface area contributed by atoms with Crippen LogP contribution in [0.3, 0.4) is 0 Å². The average molecular weight is 360 g/mol. The van der Waals surface area contributed by atoms with Gasteiger partial charge in [-0.2, -0.15) is 0 Å². The number of benzene rings is 3. The number of para-hydroxylation sites is 1. The molecule has 0 bridgehead atoms. The first-order chi connectivity index (χ1) is 13.2. The molecule has 0 fully saturated rings. The van der Waals surface area contributed by atoms with Crippen molar-refractivity contribution in [2.24, 2.45) is 0 Å². The van der Waals surface area contributed by atoms with Gasteiger partial charge in [0.1, 0.15) is 5.75 Å². The molecule has 0 aromatic heterocycles. The molecular formula is C23H20O4. The summed E-state index contributed by atoms with van der Waals surface area (Å²) in [6.07, 6.45) is 3.07. The Bertz CT molecular complexity index is 946. The monoisotopic (exact) mass is 360 g/mol. The Morgan fingerprint density at radius 1 is 0.778 bits per heavy atom. The molecule has 4 nitrogen and oxygen atoms in total. The van der Waals surface area contributed by atoms with E-state index in [4.69, 9.17) is 14.2 Å². The van der Waals surface area contributed by atoms with Crippen molar-refractivity contribution < 1.29 is 19.0 Å². The lowest BCUT2D eigenvalue weighted by Crippen LogP contribution is -2.04. The van der Waals surface area contributed by atoms with Gasteiger partial charge >= 0.3 is 5.97 Å². The third-order valence-corrected chi connectivity index (χ3v) is 4.00. The van der Waals surface area contributed by atoms with Gasteiger partial charge in [-0.15, -0.1) is 0 Å². The van der Waals surface area contributed by atoms with Gasteiger partial charge in [-0.25, -0.2) is 4.79 Å². The lowest BCUT2D eigenvalue weighted by Gasteiger charge is -2.09. The molecule has 0 saturated carbocycles. The summed E-state index contributed by atoms with van der Waals surface area (Å²) in [6, 6.07) is 22.7. The van der Waals surface area contributed by atoms with Crippen LogP contribution >= 0.6 is 0 Å². The van der Waals surface area contributed by atoms with Gasteiger partial charge in [0.15, 0.2) is 11.5 Å². The first-order valence-electron chi connectivity index (χ1n) is 8.47. The summed E-state index contributed by atoms with van der Waals surface area (Å²) in [6.45, 7) is 0. The fourth-order valence-electron chi connectivity index (χ4n) is 2.67. The van der Waals surface area contributed by atoms with Gasteiger partial charge in [-0.05, 0) is 35.4 Å². The van der Waals surface area contributed by atoms with Crippen molar-refractivity contribution in [1.82, 2.24) is 0 Å². The number of hydrogen-bond acceptors (Lipinski definition) is 4. The number of hydrogen-bond donors (Lipinski definition) is 0. The molecule has 0 aliphatic heterocycles. The van der Waals surface area contributed by atoms with E-state index in [0.29, 0.717) is 17.2 Å². The van der Waals surface area contributed by atoms with Crippen molar-refractivity contribution in [2.45, 2.75) is 0 Å². The van der Waals surface area contributed by atoms with Crippen molar-refractivity contribution in [1.29, 1.82) is 0 Å². The van der Waals surface area contributed by atoms with Gasteiger partial charge in [0.05, 0.1) is 14.2 Å². The zero-order valence-electron chi connectivity index (χ0n) is 15.2. The van der Waals surface area contributed by atoms with E-state index in [2.05, 4.69) is 0 Å². The van der Waals surface area contributed by atoms with E-state index in [1.165, 1.54) is 6.08 Å². The molecule has 3 aromatic carbocycles. The summed E-state index contributed by atoms with van der Waals surface area (Å²) in [7, 11) is 3.15. The molecule has 3 rings (SSSR count). The molecule has 3 aromatic rings. The average Bonchev–Trinajstić information content (AvgIpc) is 2.73. The van der Waals surface area contributed by atoms with E-state index >= 15 is 0 Å². The zero-order chi connectivity index (χ0) is 19.1. The van der Waals surface area contributed by atoms with Gasteiger partial charge in [-0.1, -0.05) is 54.6 Å². The Morgan fingerprint density at radius 2 is 1.48 bits per heavy atom. The van der Waals surface area contributed by atoms with Crippen LogP contribution < -0.4 is 14.2 Å². The molecule has 0 aliphatic rings. The Hall–Kier alpha value is -3.53. The second-order valence-corrected chi connectivity index (χ2v) is 5.73. The van der Waals surface area contributed by atoms with Crippen molar-refractivity contribution in [3.8, 4) is 28.4 Å². The predicted molar refractivity (Wildman–Crippen MR) is 106 cm³/mol. The highest BCUT2D eigenvalue weighted by Gasteiger charge is 2.09. The summed E-state index contributed by atoms with van der Waals surface area (Å²) in [4.78, 5) is 12.3. The van der Waals surface area contributed by atoms with Crippen LogP contribution in [0.5, 0.6) is 17.2 Å². The lowest BCUT2D eigenvalue weighted by molar-refractivity contribution is -0.128. The molecule has 0 spiro atoms. The molecule has 4 heteroatoms. The normalized spacial score (nSPS) is 10.6. The highest BCUT2D eigenvalue weighted by atomic mass is 16.5. The summed E-state index contributed by atoms with van der Waals surface area (Å²) in [5, 5.41) is 0. The van der Waals surface area contributed by atoms with Crippen LogP contribution in [0.25, 0.3) is 17.2 Å². The van der Waals surface area contributed by atoms with E-state index in [0.717, 1.165) is 16.7 Å². The standard InChI is InChI=1S/C23H20O4/c1-25-21-14-12-17(16-22(21)26-2)13-15-23(24)27-20-11-7-6-10-19(20)18-8-4-3-5-9-18/h3-16H,1-2H3/b15-13+.